The molecule has 1 aliphatic rings. The Morgan fingerprint density at radius 3 is 2.50 bits per heavy atom. The Morgan fingerprint density at radius 2 is 1.63 bits per heavy atom. The van der Waals surface area contributed by atoms with Crippen LogP contribution in [0, 0.1) is 0 Å². The Hall–Kier alpha value is -3.43. The summed E-state index contributed by atoms with van der Waals surface area (Å²) in [6, 6.07) is 29.3. The van der Waals surface area contributed by atoms with Crippen molar-refractivity contribution in [3.05, 3.63) is 113 Å². The lowest BCUT2D eigenvalue weighted by molar-refractivity contribution is -0.117. The van der Waals surface area contributed by atoms with E-state index in [0.29, 0.717) is 11.4 Å². The molecule has 0 fully saturated rings. The number of halogens is 1. The third kappa shape index (κ3) is 3.49. The highest BCUT2D eigenvalue weighted by atomic mass is 35.5. The third-order valence-corrected chi connectivity index (χ3v) is 5.66. The molecule has 0 aromatic heterocycles. The fourth-order valence-corrected chi connectivity index (χ4v) is 4.14. The van der Waals surface area contributed by atoms with Crippen molar-refractivity contribution in [2.75, 3.05) is 5.32 Å². The van der Waals surface area contributed by atoms with Crippen LogP contribution in [-0.2, 0) is 11.2 Å². The monoisotopic (exact) mass is 410 g/mol. The minimum atomic E-state index is -0.544. The molecule has 0 saturated heterocycles. The van der Waals surface area contributed by atoms with Gasteiger partial charge in [0.2, 0.25) is 5.91 Å². The largest absolute Gasteiger partial charge is 0.324 e. The Balaban J connectivity index is 1.64. The van der Waals surface area contributed by atoms with E-state index in [2.05, 4.69) is 29.6 Å². The molecule has 0 radical (unpaired) electrons. The van der Waals surface area contributed by atoms with E-state index < -0.39 is 6.04 Å². The number of carbonyl (C=O) groups excluding carboxylic acids is 1. The molecule has 4 aromatic rings. The van der Waals surface area contributed by atoms with Gasteiger partial charge < -0.3 is 5.32 Å². The van der Waals surface area contributed by atoms with Crippen LogP contribution < -0.4 is 5.32 Å². The number of benzodiazepines with no additional fused rings is 1. The topological polar surface area (TPSA) is 41.5 Å². The molecule has 4 heteroatoms. The lowest BCUT2D eigenvalue weighted by atomic mass is 9.98. The van der Waals surface area contributed by atoms with Gasteiger partial charge in [-0.3, -0.25) is 9.79 Å². The summed E-state index contributed by atoms with van der Waals surface area (Å²) in [5.41, 5.74) is 4.40. The molecular formula is C26H19ClN2O. The summed E-state index contributed by atoms with van der Waals surface area (Å²) < 4.78 is 0. The van der Waals surface area contributed by atoms with Crippen molar-refractivity contribution in [2.45, 2.75) is 12.5 Å². The predicted molar refractivity (Wildman–Crippen MR) is 124 cm³/mol. The van der Waals surface area contributed by atoms with Gasteiger partial charge in [-0.15, -0.1) is 0 Å². The van der Waals surface area contributed by atoms with Crippen LogP contribution in [0.3, 0.4) is 0 Å². The highest BCUT2D eigenvalue weighted by molar-refractivity contribution is 6.32. The Kier molecular flexibility index (Phi) is 4.82. The SMILES string of the molecule is O=C1Nc2ccc(Cl)cc2C(c2ccccc2)=N[C@H]1Cc1cccc2ccccc12. The van der Waals surface area contributed by atoms with Gasteiger partial charge in [0.25, 0.3) is 0 Å². The molecule has 3 nitrogen and oxygen atoms in total. The number of carbonyl (C=O) groups is 1. The number of nitrogens with one attached hydrogen (secondary N) is 1. The first kappa shape index (κ1) is 18.6. The van der Waals surface area contributed by atoms with Crippen molar-refractivity contribution >= 4 is 39.7 Å². The molecule has 146 valence electrons. The van der Waals surface area contributed by atoms with Gasteiger partial charge in [0, 0.05) is 22.6 Å². The summed E-state index contributed by atoms with van der Waals surface area (Å²) in [7, 11) is 0. The summed E-state index contributed by atoms with van der Waals surface area (Å²) in [5.74, 6) is -0.113. The van der Waals surface area contributed by atoms with Gasteiger partial charge in [-0.25, -0.2) is 0 Å². The van der Waals surface area contributed by atoms with Crippen LogP contribution in [-0.4, -0.2) is 17.7 Å². The average molecular weight is 411 g/mol. The zero-order valence-electron chi connectivity index (χ0n) is 16.2. The molecule has 1 amide bonds. The van der Waals surface area contributed by atoms with E-state index in [0.717, 1.165) is 38.9 Å². The molecule has 0 saturated carbocycles. The zero-order chi connectivity index (χ0) is 20.5. The van der Waals surface area contributed by atoms with Crippen molar-refractivity contribution in [1.82, 2.24) is 0 Å². The van der Waals surface area contributed by atoms with Crippen molar-refractivity contribution in [2.24, 2.45) is 4.99 Å². The first-order chi connectivity index (χ1) is 14.7. The summed E-state index contributed by atoms with van der Waals surface area (Å²) in [4.78, 5) is 18.1. The second-order valence-electron chi connectivity index (χ2n) is 7.38. The Morgan fingerprint density at radius 1 is 0.867 bits per heavy atom. The van der Waals surface area contributed by atoms with E-state index in [1.165, 1.54) is 0 Å². The number of anilines is 1. The summed E-state index contributed by atoms with van der Waals surface area (Å²) in [5, 5.41) is 5.97. The number of hydrogen-bond acceptors (Lipinski definition) is 2. The molecule has 5 rings (SSSR count). The van der Waals surface area contributed by atoms with Gasteiger partial charge in [0.05, 0.1) is 11.4 Å². The molecule has 1 aliphatic heterocycles. The summed E-state index contributed by atoms with van der Waals surface area (Å²) >= 11 is 6.28. The fraction of sp³-hybridized carbons (Fsp3) is 0.0769. The van der Waals surface area contributed by atoms with Crippen molar-refractivity contribution in [1.29, 1.82) is 0 Å². The second-order valence-corrected chi connectivity index (χ2v) is 7.82. The van der Waals surface area contributed by atoms with Crippen LogP contribution in [0.5, 0.6) is 0 Å². The molecule has 1 atom stereocenters. The van der Waals surface area contributed by atoms with Gasteiger partial charge in [-0.2, -0.15) is 0 Å². The van der Waals surface area contributed by atoms with Crippen LogP contribution in [0.25, 0.3) is 10.8 Å². The van der Waals surface area contributed by atoms with Crippen LogP contribution in [0.4, 0.5) is 5.69 Å². The van der Waals surface area contributed by atoms with E-state index in [1.54, 1.807) is 6.07 Å². The minimum absolute atomic E-state index is 0.113. The first-order valence-corrected chi connectivity index (χ1v) is 10.3. The van der Waals surface area contributed by atoms with Gasteiger partial charge in [0.1, 0.15) is 6.04 Å². The van der Waals surface area contributed by atoms with Crippen LogP contribution in [0.2, 0.25) is 5.02 Å². The fourth-order valence-electron chi connectivity index (χ4n) is 3.96. The van der Waals surface area contributed by atoms with E-state index in [4.69, 9.17) is 16.6 Å². The molecule has 1 N–H and O–H groups in total. The van der Waals surface area contributed by atoms with Crippen LogP contribution in [0.1, 0.15) is 16.7 Å². The summed E-state index contributed by atoms with van der Waals surface area (Å²) in [6.07, 6.45) is 0.519. The summed E-state index contributed by atoms with van der Waals surface area (Å²) in [6.45, 7) is 0. The maximum Gasteiger partial charge on any atom is 0.249 e. The number of aliphatic imine (C=N–C) groups is 1. The number of nitrogens with zero attached hydrogens (tertiary/aromatic N) is 1. The maximum absolute atomic E-state index is 13.1. The maximum atomic E-state index is 13.1. The number of fused-ring (bicyclic) bond motifs is 2. The van der Waals surface area contributed by atoms with Crippen LogP contribution >= 0.6 is 11.6 Å². The lowest BCUT2D eigenvalue weighted by Crippen LogP contribution is -2.27. The van der Waals surface area contributed by atoms with E-state index >= 15 is 0 Å². The first-order valence-electron chi connectivity index (χ1n) is 9.90. The molecule has 0 spiro atoms. The molecule has 0 unspecified atom stereocenters. The molecule has 0 aliphatic carbocycles. The van der Waals surface area contributed by atoms with Crippen molar-refractivity contribution in [3.8, 4) is 0 Å². The molecule has 1 heterocycles. The molecule has 4 aromatic carbocycles. The number of amides is 1. The Bertz CT molecular complexity index is 1280. The molecular weight excluding hydrogens is 392 g/mol. The van der Waals surface area contributed by atoms with Crippen molar-refractivity contribution in [3.63, 3.8) is 0 Å². The van der Waals surface area contributed by atoms with Gasteiger partial charge in [0.15, 0.2) is 0 Å². The van der Waals surface area contributed by atoms with Gasteiger partial charge >= 0.3 is 0 Å². The van der Waals surface area contributed by atoms with E-state index in [-0.39, 0.29) is 5.91 Å². The van der Waals surface area contributed by atoms with E-state index in [1.807, 2.05) is 60.7 Å². The quantitative estimate of drug-likeness (QED) is 0.449. The minimum Gasteiger partial charge on any atom is -0.324 e. The number of hydrogen-bond donors (Lipinski definition) is 1. The normalized spacial score (nSPS) is 15.8. The lowest BCUT2D eigenvalue weighted by Gasteiger charge is -2.13. The second kappa shape index (κ2) is 7.77. The highest BCUT2D eigenvalue weighted by Crippen LogP contribution is 2.29. The standard InChI is InChI=1S/C26H19ClN2O/c27-20-13-14-23-22(16-20)25(18-8-2-1-3-9-18)28-24(26(30)29-23)15-19-11-6-10-17-7-4-5-12-21(17)19/h1-14,16,24H,15H2,(H,29,30)/t24-/m0/s1. The molecule has 30 heavy (non-hydrogen) atoms. The number of benzene rings is 4. The van der Waals surface area contributed by atoms with Crippen molar-refractivity contribution < 1.29 is 4.79 Å². The smallest absolute Gasteiger partial charge is 0.249 e. The van der Waals surface area contributed by atoms with E-state index in [9.17, 15) is 4.79 Å². The van der Waals surface area contributed by atoms with Crippen LogP contribution in [0.15, 0.2) is 96.0 Å². The Labute approximate surface area is 180 Å². The average Bonchev–Trinajstić information content (AvgIpc) is 2.91. The predicted octanol–water partition coefficient (Wildman–Crippen LogP) is 5.89. The highest BCUT2D eigenvalue weighted by Gasteiger charge is 2.26. The van der Waals surface area contributed by atoms with Gasteiger partial charge in [-0.1, -0.05) is 84.4 Å². The molecule has 0 bridgehead atoms. The zero-order valence-corrected chi connectivity index (χ0v) is 16.9. The number of rotatable bonds is 3. The third-order valence-electron chi connectivity index (χ3n) is 5.42. The van der Waals surface area contributed by atoms with Gasteiger partial charge in [-0.05, 0) is 34.5 Å².